The third-order valence-corrected chi connectivity index (χ3v) is 3.91. The van der Waals surface area contributed by atoms with Crippen molar-refractivity contribution < 1.29 is 9.52 Å². The summed E-state index contributed by atoms with van der Waals surface area (Å²) in [6, 6.07) is 14.9. The molecule has 0 radical (unpaired) electrons. The van der Waals surface area contributed by atoms with Gasteiger partial charge in [-0.2, -0.15) is 0 Å². The van der Waals surface area contributed by atoms with E-state index in [1.165, 1.54) is 0 Å². The molecule has 0 aliphatic rings. The minimum absolute atomic E-state index is 0.00574. The van der Waals surface area contributed by atoms with Gasteiger partial charge in [-0.25, -0.2) is 0 Å². The zero-order chi connectivity index (χ0) is 15.0. The van der Waals surface area contributed by atoms with E-state index in [-0.39, 0.29) is 11.6 Å². The Morgan fingerprint density at radius 3 is 2.48 bits per heavy atom. The van der Waals surface area contributed by atoms with Crippen LogP contribution in [0.5, 0.6) is 5.75 Å². The molecule has 0 spiro atoms. The standard InChI is InChI=1S/C17H14ClNO2/c1-10-6-5-9-12(14(10)18)13-15(20)16(21-17(13)19)11-7-3-2-4-8-11/h2-9,20H,19H2,1H3. The molecule has 0 unspecified atom stereocenters. The van der Waals surface area contributed by atoms with Crippen molar-refractivity contribution in [2.45, 2.75) is 6.92 Å². The first kappa shape index (κ1) is 13.6. The summed E-state index contributed by atoms with van der Waals surface area (Å²) in [6.07, 6.45) is 0. The molecule has 3 nitrogen and oxygen atoms in total. The first-order valence-corrected chi connectivity index (χ1v) is 6.89. The van der Waals surface area contributed by atoms with Gasteiger partial charge in [-0.1, -0.05) is 60.1 Å². The predicted molar refractivity (Wildman–Crippen MR) is 85.4 cm³/mol. The number of hydrogen-bond donors (Lipinski definition) is 2. The second-order valence-electron chi connectivity index (χ2n) is 4.82. The molecule has 3 aromatic rings. The molecular formula is C17H14ClNO2. The van der Waals surface area contributed by atoms with Crippen molar-refractivity contribution in [3.63, 3.8) is 0 Å². The van der Waals surface area contributed by atoms with Crippen LogP contribution >= 0.6 is 11.6 Å². The van der Waals surface area contributed by atoms with Gasteiger partial charge in [0.05, 0.1) is 10.6 Å². The number of benzene rings is 2. The number of nitrogen functional groups attached to an aromatic ring is 1. The van der Waals surface area contributed by atoms with E-state index in [0.717, 1.165) is 11.1 Å². The Morgan fingerprint density at radius 2 is 1.76 bits per heavy atom. The van der Waals surface area contributed by atoms with Crippen molar-refractivity contribution in [2.75, 3.05) is 5.73 Å². The summed E-state index contributed by atoms with van der Waals surface area (Å²) in [6.45, 7) is 1.90. The van der Waals surface area contributed by atoms with Crippen molar-refractivity contribution >= 4 is 17.5 Å². The van der Waals surface area contributed by atoms with Gasteiger partial charge in [0.1, 0.15) is 0 Å². The smallest absolute Gasteiger partial charge is 0.202 e. The Morgan fingerprint density at radius 1 is 1.05 bits per heavy atom. The van der Waals surface area contributed by atoms with E-state index >= 15 is 0 Å². The number of furan rings is 1. The molecule has 1 aromatic heterocycles. The van der Waals surface area contributed by atoms with Crippen LogP contribution in [0.25, 0.3) is 22.5 Å². The molecule has 0 amide bonds. The van der Waals surface area contributed by atoms with Gasteiger partial charge in [-0.05, 0) is 12.5 Å². The Hall–Kier alpha value is -2.39. The number of aryl methyl sites for hydroxylation is 1. The summed E-state index contributed by atoms with van der Waals surface area (Å²) in [5, 5.41) is 11.1. The first-order chi connectivity index (χ1) is 10.1. The monoisotopic (exact) mass is 299 g/mol. The van der Waals surface area contributed by atoms with Crippen molar-refractivity contribution in [3.05, 3.63) is 59.1 Å². The lowest BCUT2D eigenvalue weighted by molar-refractivity contribution is 0.467. The fourth-order valence-corrected chi connectivity index (χ4v) is 2.55. The topological polar surface area (TPSA) is 59.4 Å². The lowest BCUT2D eigenvalue weighted by Gasteiger charge is -2.06. The van der Waals surface area contributed by atoms with Gasteiger partial charge in [0.2, 0.25) is 5.88 Å². The summed E-state index contributed by atoms with van der Waals surface area (Å²) in [5.74, 6) is 0.505. The highest BCUT2D eigenvalue weighted by molar-refractivity contribution is 6.34. The number of nitrogens with two attached hydrogens (primary N) is 1. The first-order valence-electron chi connectivity index (χ1n) is 6.51. The van der Waals surface area contributed by atoms with Gasteiger partial charge in [0.25, 0.3) is 0 Å². The second kappa shape index (κ2) is 5.19. The molecule has 0 bridgehead atoms. The average molecular weight is 300 g/mol. The number of hydrogen-bond acceptors (Lipinski definition) is 3. The largest absolute Gasteiger partial charge is 0.504 e. The Bertz CT molecular complexity index is 794. The molecule has 0 aliphatic carbocycles. The van der Waals surface area contributed by atoms with Gasteiger partial charge in [0.15, 0.2) is 11.5 Å². The second-order valence-corrected chi connectivity index (χ2v) is 5.20. The van der Waals surface area contributed by atoms with E-state index in [1.807, 2.05) is 55.5 Å². The lowest BCUT2D eigenvalue weighted by atomic mass is 10.0. The highest BCUT2D eigenvalue weighted by Gasteiger charge is 2.22. The van der Waals surface area contributed by atoms with Crippen LogP contribution < -0.4 is 5.73 Å². The fraction of sp³-hybridized carbons (Fsp3) is 0.0588. The third kappa shape index (κ3) is 2.26. The molecule has 4 heteroatoms. The molecule has 21 heavy (non-hydrogen) atoms. The van der Waals surface area contributed by atoms with Gasteiger partial charge in [0, 0.05) is 11.1 Å². The zero-order valence-electron chi connectivity index (χ0n) is 11.4. The Balaban J connectivity index is 2.22. The summed E-state index contributed by atoms with van der Waals surface area (Å²) >= 11 is 6.32. The minimum Gasteiger partial charge on any atom is -0.504 e. The van der Waals surface area contributed by atoms with Crippen molar-refractivity contribution in [3.8, 4) is 28.2 Å². The van der Waals surface area contributed by atoms with Crippen LogP contribution in [0.4, 0.5) is 5.88 Å². The highest BCUT2D eigenvalue weighted by atomic mass is 35.5. The van der Waals surface area contributed by atoms with E-state index in [2.05, 4.69) is 0 Å². The van der Waals surface area contributed by atoms with Crippen LogP contribution in [0, 0.1) is 6.92 Å². The maximum absolute atomic E-state index is 10.5. The normalized spacial score (nSPS) is 10.8. The lowest BCUT2D eigenvalue weighted by Crippen LogP contribution is -1.87. The van der Waals surface area contributed by atoms with Crippen LogP contribution in [0.15, 0.2) is 52.9 Å². The summed E-state index contributed by atoms with van der Waals surface area (Å²) in [4.78, 5) is 0. The quantitative estimate of drug-likeness (QED) is 0.710. The molecule has 3 rings (SSSR count). The van der Waals surface area contributed by atoms with E-state index < -0.39 is 0 Å². The van der Waals surface area contributed by atoms with E-state index in [1.54, 1.807) is 0 Å². The van der Waals surface area contributed by atoms with Crippen LogP contribution in [0.1, 0.15) is 5.56 Å². The molecule has 0 saturated carbocycles. The minimum atomic E-state index is 0.00574. The summed E-state index contributed by atoms with van der Waals surface area (Å²) in [5.41, 5.74) is 8.72. The van der Waals surface area contributed by atoms with Crippen LogP contribution in [0.3, 0.4) is 0 Å². The molecule has 0 atom stereocenters. The number of halogens is 1. The molecule has 3 N–H and O–H groups in total. The summed E-state index contributed by atoms with van der Waals surface area (Å²) in [7, 11) is 0. The molecule has 0 saturated heterocycles. The average Bonchev–Trinajstić information content (AvgIpc) is 2.78. The summed E-state index contributed by atoms with van der Waals surface area (Å²) < 4.78 is 5.55. The number of rotatable bonds is 2. The highest BCUT2D eigenvalue weighted by Crippen LogP contribution is 2.47. The van der Waals surface area contributed by atoms with Gasteiger partial charge in [-0.3, -0.25) is 0 Å². The molecule has 0 aliphatic heterocycles. The van der Waals surface area contributed by atoms with Crippen LogP contribution in [-0.2, 0) is 0 Å². The van der Waals surface area contributed by atoms with Crippen molar-refractivity contribution in [2.24, 2.45) is 0 Å². The van der Waals surface area contributed by atoms with E-state index in [4.69, 9.17) is 21.8 Å². The van der Waals surface area contributed by atoms with Crippen molar-refractivity contribution in [1.29, 1.82) is 0 Å². The van der Waals surface area contributed by atoms with Gasteiger partial charge < -0.3 is 15.3 Å². The maximum Gasteiger partial charge on any atom is 0.202 e. The Labute approximate surface area is 127 Å². The molecule has 1 heterocycles. The number of aromatic hydroxyl groups is 1. The molecular weight excluding hydrogens is 286 g/mol. The SMILES string of the molecule is Cc1cccc(-c2c(N)oc(-c3ccccc3)c2O)c1Cl. The molecule has 106 valence electrons. The zero-order valence-corrected chi connectivity index (χ0v) is 12.2. The van der Waals surface area contributed by atoms with E-state index in [0.29, 0.717) is 21.9 Å². The maximum atomic E-state index is 10.5. The molecule has 2 aromatic carbocycles. The predicted octanol–water partition coefficient (Wildman–Crippen LogP) is 4.86. The third-order valence-electron chi connectivity index (χ3n) is 3.41. The van der Waals surface area contributed by atoms with Gasteiger partial charge >= 0.3 is 0 Å². The van der Waals surface area contributed by atoms with Crippen LogP contribution in [-0.4, -0.2) is 5.11 Å². The van der Waals surface area contributed by atoms with E-state index in [9.17, 15) is 5.11 Å². The fourth-order valence-electron chi connectivity index (χ4n) is 2.33. The van der Waals surface area contributed by atoms with Gasteiger partial charge in [-0.15, -0.1) is 0 Å². The Kier molecular flexibility index (Phi) is 3.35. The number of anilines is 1. The molecule has 0 fully saturated rings. The van der Waals surface area contributed by atoms with Crippen molar-refractivity contribution in [1.82, 2.24) is 0 Å². The van der Waals surface area contributed by atoms with Crippen LogP contribution in [0.2, 0.25) is 5.02 Å².